The minimum atomic E-state index is 0.0743. The van der Waals surface area contributed by atoms with Gasteiger partial charge in [0.05, 0.1) is 0 Å². The molecule has 0 aliphatic heterocycles. The molecule has 2 aliphatic rings. The third kappa shape index (κ3) is 3.52. The summed E-state index contributed by atoms with van der Waals surface area (Å²) in [7, 11) is 0. The minimum Gasteiger partial charge on any atom is -0.353 e. The van der Waals surface area contributed by atoms with Crippen LogP contribution in [-0.2, 0) is 4.79 Å². The molecule has 2 saturated carbocycles. The van der Waals surface area contributed by atoms with Crippen LogP contribution in [0, 0.1) is 5.41 Å². The predicted octanol–water partition coefficient (Wildman–Crippen LogP) is 3.35. The van der Waals surface area contributed by atoms with Crippen LogP contribution in [0.25, 0.3) is 0 Å². The molecule has 2 fully saturated rings. The molecule has 0 radical (unpaired) electrons. The van der Waals surface area contributed by atoms with Crippen LogP contribution in [0.2, 0.25) is 0 Å². The van der Waals surface area contributed by atoms with Gasteiger partial charge >= 0.3 is 0 Å². The van der Waals surface area contributed by atoms with Gasteiger partial charge in [-0.3, -0.25) is 4.79 Å². The number of rotatable bonds is 5. The van der Waals surface area contributed by atoms with Crippen LogP contribution < -0.4 is 11.1 Å². The van der Waals surface area contributed by atoms with Crippen molar-refractivity contribution < 1.29 is 4.79 Å². The van der Waals surface area contributed by atoms with E-state index in [9.17, 15) is 4.79 Å². The van der Waals surface area contributed by atoms with E-state index in [0.29, 0.717) is 24.9 Å². The smallest absolute Gasteiger partial charge is 0.220 e. The van der Waals surface area contributed by atoms with Gasteiger partial charge in [0.2, 0.25) is 5.91 Å². The highest BCUT2D eigenvalue weighted by molar-refractivity contribution is 5.77. The third-order valence-electron chi connectivity index (χ3n) is 5.66. The van der Waals surface area contributed by atoms with E-state index in [0.717, 1.165) is 25.7 Å². The number of carbonyl (C=O) groups is 1. The van der Waals surface area contributed by atoms with E-state index < -0.39 is 0 Å². The van der Waals surface area contributed by atoms with Crippen LogP contribution >= 0.6 is 0 Å². The monoisotopic (exact) mass is 300 g/mol. The van der Waals surface area contributed by atoms with E-state index >= 15 is 0 Å². The Balaban J connectivity index is 1.45. The lowest BCUT2D eigenvalue weighted by atomic mass is 9.71. The van der Waals surface area contributed by atoms with Gasteiger partial charge in [-0.2, -0.15) is 0 Å². The summed E-state index contributed by atoms with van der Waals surface area (Å²) < 4.78 is 0. The number of nitrogens with one attached hydrogen (secondary N) is 1. The molecule has 1 amide bonds. The Kier molecular flexibility index (Phi) is 4.82. The average molecular weight is 300 g/mol. The first-order chi connectivity index (χ1) is 10.7. The highest BCUT2D eigenvalue weighted by Gasteiger charge is 2.35. The van der Waals surface area contributed by atoms with Gasteiger partial charge in [0.1, 0.15) is 0 Å². The molecule has 1 aromatic carbocycles. The highest BCUT2D eigenvalue weighted by Crippen LogP contribution is 2.39. The van der Waals surface area contributed by atoms with E-state index in [1.807, 2.05) is 0 Å². The van der Waals surface area contributed by atoms with E-state index in [1.54, 1.807) is 0 Å². The lowest BCUT2D eigenvalue weighted by molar-refractivity contribution is -0.125. The molecular weight excluding hydrogens is 272 g/mol. The first kappa shape index (κ1) is 15.5. The Labute approximate surface area is 133 Å². The lowest BCUT2D eigenvalue weighted by Crippen LogP contribution is -2.46. The van der Waals surface area contributed by atoms with Gasteiger partial charge in [0.25, 0.3) is 0 Å². The first-order valence-corrected chi connectivity index (χ1v) is 8.75. The minimum absolute atomic E-state index is 0.0743. The number of hydrogen-bond acceptors (Lipinski definition) is 2. The molecule has 3 heteroatoms. The molecule has 0 aromatic heterocycles. The zero-order valence-electron chi connectivity index (χ0n) is 13.4. The van der Waals surface area contributed by atoms with Crippen molar-refractivity contribution in [1.29, 1.82) is 0 Å². The maximum Gasteiger partial charge on any atom is 0.220 e. The molecule has 0 unspecified atom stereocenters. The fourth-order valence-corrected chi connectivity index (χ4v) is 4.11. The van der Waals surface area contributed by atoms with Crippen LogP contribution in [0.1, 0.15) is 62.8 Å². The van der Waals surface area contributed by atoms with Gasteiger partial charge in [-0.05, 0) is 49.1 Å². The van der Waals surface area contributed by atoms with E-state index in [-0.39, 0.29) is 11.3 Å². The molecule has 120 valence electrons. The molecule has 0 heterocycles. The van der Waals surface area contributed by atoms with Crippen LogP contribution in [0.4, 0.5) is 0 Å². The molecule has 0 saturated heterocycles. The zero-order chi connectivity index (χ0) is 15.4. The second kappa shape index (κ2) is 6.82. The Morgan fingerprint density at radius 1 is 1.14 bits per heavy atom. The summed E-state index contributed by atoms with van der Waals surface area (Å²) in [6.07, 6.45) is 8.76. The molecule has 3 N–H and O–H groups in total. The fraction of sp³-hybridized carbons (Fsp3) is 0.632. The summed E-state index contributed by atoms with van der Waals surface area (Å²) in [5, 5.41) is 3.23. The Morgan fingerprint density at radius 3 is 2.45 bits per heavy atom. The van der Waals surface area contributed by atoms with E-state index in [4.69, 9.17) is 5.73 Å². The SMILES string of the molecule is NCC1(CC(=O)NC2CC(c3ccccc3)C2)CCCCC1. The van der Waals surface area contributed by atoms with Gasteiger partial charge in [0, 0.05) is 12.5 Å². The zero-order valence-corrected chi connectivity index (χ0v) is 13.4. The summed E-state index contributed by atoms with van der Waals surface area (Å²) in [6, 6.07) is 11.0. The molecule has 2 aliphatic carbocycles. The van der Waals surface area contributed by atoms with Gasteiger partial charge in [-0.1, -0.05) is 49.6 Å². The maximum absolute atomic E-state index is 12.4. The maximum atomic E-state index is 12.4. The molecule has 0 bridgehead atoms. The molecule has 3 rings (SSSR count). The van der Waals surface area contributed by atoms with E-state index in [1.165, 1.54) is 24.8 Å². The summed E-state index contributed by atoms with van der Waals surface area (Å²) in [5.41, 5.74) is 7.46. The number of amides is 1. The Hall–Kier alpha value is -1.35. The van der Waals surface area contributed by atoms with Crippen LogP contribution in [0.3, 0.4) is 0 Å². The molecule has 0 spiro atoms. The van der Waals surface area contributed by atoms with Crippen LogP contribution in [0.5, 0.6) is 0 Å². The summed E-state index contributed by atoms with van der Waals surface area (Å²) in [5.74, 6) is 0.827. The topological polar surface area (TPSA) is 55.1 Å². The summed E-state index contributed by atoms with van der Waals surface area (Å²) in [6.45, 7) is 0.651. The summed E-state index contributed by atoms with van der Waals surface area (Å²) in [4.78, 5) is 12.4. The van der Waals surface area contributed by atoms with Crippen molar-refractivity contribution in [2.45, 2.75) is 63.3 Å². The Bertz CT molecular complexity index is 487. The second-order valence-corrected chi connectivity index (χ2v) is 7.29. The van der Waals surface area contributed by atoms with Gasteiger partial charge in [-0.15, -0.1) is 0 Å². The average Bonchev–Trinajstić information content (AvgIpc) is 2.52. The standard InChI is InChI=1S/C19H28N2O/c20-14-19(9-5-2-6-10-19)13-18(22)21-17-11-16(12-17)15-7-3-1-4-8-15/h1,3-4,7-8,16-17H,2,5-6,9-14,20H2,(H,21,22). The largest absolute Gasteiger partial charge is 0.353 e. The molecule has 22 heavy (non-hydrogen) atoms. The quantitative estimate of drug-likeness (QED) is 0.876. The number of carbonyl (C=O) groups excluding carboxylic acids is 1. The highest BCUT2D eigenvalue weighted by atomic mass is 16.1. The first-order valence-electron chi connectivity index (χ1n) is 8.75. The summed E-state index contributed by atoms with van der Waals surface area (Å²) >= 11 is 0. The van der Waals surface area contributed by atoms with Crippen molar-refractivity contribution in [3.8, 4) is 0 Å². The number of benzene rings is 1. The van der Waals surface area contributed by atoms with Crippen molar-refractivity contribution >= 4 is 5.91 Å². The normalized spacial score (nSPS) is 27.0. The van der Waals surface area contributed by atoms with Crippen molar-refractivity contribution in [2.24, 2.45) is 11.1 Å². The molecule has 0 atom stereocenters. The van der Waals surface area contributed by atoms with Crippen molar-refractivity contribution in [1.82, 2.24) is 5.32 Å². The molecule has 1 aromatic rings. The lowest BCUT2D eigenvalue weighted by Gasteiger charge is -2.39. The van der Waals surface area contributed by atoms with Crippen molar-refractivity contribution in [2.75, 3.05) is 6.54 Å². The van der Waals surface area contributed by atoms with Gasteiger partial charge in [-0.25, -0.2) is 0 Å². The van der Waals surface area contributed by atoms with Crippen LogP contribution in [-0.4, -0.2) is 18.5 Å². The van der Waals surface area contributed by atoms with Gasteiger partial charge < -0.3 is 11.1 Å². The van der Waals surface area contributed by atoms with E-state index in [2.05, 4.69) is 35.6 Å². The van der Waals surface area contributed by atoms with Crippen LogP contribution in [0.15, 0.2) is 30.3 Å². The van der Waals surface area contributed by atoms with Crippen molar-refractivity contribution in [3.05, 3.63) is 35.9 Å². The number of nitrogens with two attached hydrogens (primary N) is 1. The second-order valence-electron chi connectivity index (χ2n) is 7.29. The third-order valence-corrected chi connectivity index (χ3v) is 5.66. The fourth-order valence-electron chi connectivity index (χ4n) is 4.11. The molecule has 3 nitrogen and oxygen atoms in total. The Morgan fingerprint density at radius 2 is 1.82 bits per heavy atom. The number of hydrogen-bond donors (Lipinski definition) is 2. The van der Waals surface area contributed by atoms with Gasteiger partial charge in [0.15, 0.2) is 0 Å². The predicted molar refractivity (Wildman–Crippen MR) is 89.5 cm³/mol. The van der Waals surface area contributed by atoms with Crippen molar-refractivity contribution in [3.63, 3.8) is 0 Å². The molecular formula is C19H28N2O.